The second-order valence-electron chi connectivity index (χ2n) is 6.22. The SMILES string of the molecule is CC(C)(C)OC(=O)N1CC[C@H](Nc2ccc(Cl)cc2O)C1. The summed E-state index contributed by atoms with van der Waals surface area (Å²) >= 11 is 5.80. The Labute approximate surface area is 129 Å². The van der Waals surface area contributed by atoms with Crippen LogP contribution in [-0.2, 0) is 4.74 Å². The Hall–Kier alpha value is -1.62. The summed E-state index contributed by atoms with van der Waals surface area (Å²) in [5.74, 6) is 0.109. The highest BCUT2D eigenvalue weighted by Crippen LogP contribution is 2.28. The van der Waals surface area contributed by atoms with Gasteiger partial charge in [0.15, 0.2) is 0 Å². The average Bonchev–Trinajstić information content (AvgIpc) is 2.79. The van der Waals surface area contributed by atoms with E-state index in [-0.39, 0.29) is 17.9 Å². The molecule has 6 heteroatoms. The normalized spacial score (nSPS) is 18.7. The largest absolute Gasteiger partial charge is 0.506 e. The zero-order valence-electron chi connectivity index (χ0n) is 12.5. The maximum Gasteiger partial charge on any atom is 0.410 e. The molecule has 0 bridgehead atoms. The molecule has 2 rings (SSSR count). The van der Waals surface area contributed by atoms with Gasteiger partial charge in [0, 0.05) is 30.2 Å². The fourth-order valence-electron chi connectivity index (χ4n) is 2.22. The van der Waals surface area contributed by atoms with Crippen LogP contribution in [0.3, 0.4) is 0 Å². The van der Waals surface area contributed by atoms with Crippen LogP contribution in [0.2, 0.25) is 5.02 Å². The van der Waals surface area contributed by atoms with Gasteiger partial charge in [-0.1, -0.05) is 11.6 Å². The standard InChI is InChI=1S/C15H21ClN2O3/c1-15(2,3)21-14(20)18-7-6-11(9-18)17-12-5-4-10(16)8-13(12)19/h4-5,8,11,17,19H,6-7,9H2,1-3H3/t11-/m0/s1. The third-order valence-corrected chi connectivity index (χ3v) is 3.39. The van der Waals surface area contributed by atoms with E-state index in [0.717, 1.165) is 6.42 Å². The minimum atomic E-state index is -0.489. The Bertz CT molecular complexity index is 528. The van der Waals surface area contributed by atoms with Crippen LogP contribution in [0, 0.1) is 0 Å². The average molecular weight is 313 g/mol. The number of hydrogen-bond acceptors (Lipinski definition) is 4. The number of halogens is 1. The molecule has 0 spiro atoms. The molecule has 1 aromatic carbocycles. The first kappa shape index (κ1) is 15.8. The van der Waals surface area contributed by atoms with Crippen LogP contribution >= 0.6 is 11.6 Å². The first-order valence-electron chi connectivity index (χ1n) is 6.97. The summed E-state index contributed by atoms with van der Waals surface area (Å²) in [6.45, 7) is 6.74. The van der Waals surface area contributed by atoms with E-state index >= 15 is 0 Å². The van der Waals surface area contributed by atoms with Gasteiger partial charge in [0.2, 0.25) is 0 Å². The highest BCUT2D eigenvalue weighted by atomic mass is 35.5. The molecule has 0 saturated carbocycles. The lowest BCUT2D eigenvalue weighted by molar-refractivity contribution is 0.0293. The monoisotopic (exact) mass is 312 g/mol. The quantitative estimate of drug-likeness (QED) is 0.821. The van der Waals surface area contributed by atoms with E-state index in [1.54, 1.807) is 17.0 Å². The molecule has 0 aliphatic carbocycles. The molecule has 1 aliphatic rings. The van der Waals surface area contributed by atoms with Gasteiger partial charge in [0.25, 0.3) is 0 Å². The second-order valence-corrected chi connectivity index (χ2v) is 6.65. The van der Waals surface area contributed by atoms with Crippen molar-refractivity contribution in [3.8, 4) is 5.75 Å². The molecule has 1 amide bonds. The number of phenolic OH excluding ortho intramolecular Hbond substituents is 1. The van der Waals surface area contributed by atoms with Crippen LogP contribution in [-0.4, -0.2) is 40.8 Å². The minimum absolute atomic E-state index is 0.0876. The molecule has 2 N–H and O–H groups in total. The topological polar surface area (TPSA) is 61.8 Å². The molecule has 0 aromatic heterocycles. The Kier molecular flexibility index (Phi) is 4.52. The predicted octanol–water partition coefficient (Wildman–Crippen LogP) is 3.47. The van der Waals surface area contributed by atoms with Gasteiger partial charge >= 0.3 is 6.09 Å². The second kappa shape index (κ2) is 6.02. The number of carbonyl (C=O) groups excluding carboxylic acids is 1. The summed E-state index contributed by atoms with van der Waals surface area (Å²) in [5, 5.41) is 13.5. The van der Waals surface area contributed by atoms with Crippen molar-refractivity contribution < 1.29 is 14.6 Å². The zero-order chi connectivity index (χ0) is 15.6. The number of anilines is 1. The summed E-state index contributed by atoms with van der Waals surface area (Å²) in [4.78, 5) is 13.7. The molecular formula is C15H21ClN2O3. The number of amides is 1. The molecule has 1 saturated heterocycles. The number of aromatic hydroxyl groups is 1. The van der Waals surface area contributed by atoms with E-state index < -0.39 is 5.60 Å². The van der Waals surface area contributed by atoms with Crippen molar-refractivity contribution in [2.24, 2.45) is 0 Å². The smallest absolute Gasteiger partial charge is 0.410 e. The Morgan fingerprint density at radius 3 is 2.81 bits per heavy atom. The number of nitrogens with one attached hydrogen (secondary N) is 1. The van der Waals surface area contributed by atoms with E-state index in [2.05, 4.69) is 5.32 Å². The third kappa shape index (κ3) is 4.43. The first-order valence-corrected chi connectivity index (χ1v) is 7.35. The van der Waals surface area contributed by atoms with E-state index in [4.69, 9.17) is 16.3 Å². The third-order valence-electron chi connectivity index (χ3n) is 3.16. The van der Waals surface area contributed by atoms with E-state index in [1.165, 1.54) is 6.07 Å². The molecule has 1 heterocycles. The van der Waals surface area contributed by atoms with Gasteiger partial charge in [-0.15, -0.1) is 0 Å². The van der Waals surface area contributed by atoms with E-state index in [1.807, 2.05) is 20.8 Å². The highest BCUT2D eigenvalue weighted by Gasteiger charge is 2.29. The van der Waals surface area contributed by atoms with E-state index in [9.17, 15) is 9.90 Å². The van der Waals surface area contributed by atoms with Crippen molar-refractivity contribution in [2.75, 3.05) is 18.4 Å². The number of hydrogen-bond donors (Lipinski definition) is 2. The predicted molar refractivity (Wildman–Crippen MR) is 83.0 cm³/mol. The van der Waals surface area contributed by atoms with Crippen LogP contribution in [0.1, 0.15) is 27.2 Å². The highest BCUT2D eigenvalue weighted by molar-refractivity contribution is 6.30. The lowest BCUT2D eigenvalue weighted by Gasteiger charge is -2.24. The maximum atomic E-state index is 12.0. The Balaban J connectivity index is 1.92. The van der Waals surface area contributed by atoms with Crippen molar-refractivity contribution >= 4 is 23.4 Å². The summed E-state index contributed by atoms with van der Waals surface area (Å²) in [6.07, 6.45) is 0.508. The molecule has 116 valence electrons. The fraction of sp³-hybridized carbons (Fsp3) is 0.533. The van der Waals surface area contributed by atoms with Gasteiger partial charge in [-0.3, -0.25) is 0 Å². The fourth-order valence-corrected chi connectivity index (χ4v) is 2.38. The number of carbonyl (C=O) groups is 1. The summed E-state index contributed by atoms with van der Waals surface area (Å²) < 4.78 is 5.35. The molecule has 1 aromatic rings. The molecule has 1 aliphatic heterocycles. The number of phenols is 1. The number of likely N-dealkylation sites (tertiary alicyclic amines) is 1. The van der Waals surface area contributed by atoms with Crippen molar-refractivity contribution in [2.45, 2.75) is 38.8 Å². The number of nitrogens with zero attached hydrogens (tertiary/aromatic N) is 1. The van der Waals surface area contributed by atoms with Crippen molar-refractivity contribution in [3.05, 3.63) is 23.2 Å². The van der Waals surface area contributed by atoms with Gasteiger partial charge in [0.05, 0.1) is 5.69 Å². The summed E-state index contributed by atoms with van der Waals surface area (Å²) in [6, 6.07) is 5.02. The van der Waals surface area contributed by atoms with Crippen LogP contribution < -0.4 is 5.32 Å². The zero-order valence-corrected chi connectivity index (χ0v) is 13.3. The van der Waals surface area contributed by atoms with Gasteiger partial charge in [-0.05, 0) is 39.3 Å². The lowest BCUT2D eigenvalue weighted by Crippen LogP contribution is -2.36. The summed E-state index contributed by atoms with van der Waals surface area (Å²) in [5.41, 5.74) is 0.132. The van der Waals surface area contributed by atoms with Crippen molar-refractivity contribution in [1.29, 1.82) is 0 Å². The van der Waals surface area contributed by atoms with Gasteiger partial charge in [-0.2, -0.15) is 0 Å². The molecule has 0 radical (unpaired) electrons. The first-order chi connectivity index (χ1) is 9.74. The Morgan fingerprint density at radius 2 is 2.19 bits per heavy atom. The molecule has 5 nitrogen and oxygen atoms in total. The Morgan fingerprint density at radius 1 is 1.48 bits per heavy atom. The van der Waals surface area contributed by atoms with Crippen molar-refractivity contribution in [3.63, 3.8) is 0 Å². The number of benzene rings is 1. The number of rotatable bonds is 2. The molecular weight excluding hydrogens is 292 g/mol. The van der Waals surface area contributed by atoms with Crippen LogP contribution in [0.15, 0.2) is 18.2 Å². The molecule has 1 fully saturated rings. The minimum Gasteiger partial charge on any atom is -0.506 e. The van der Waals surface area contributed by atoms with Crippen molar-refractivity contribution in [1.82, 2.24) is 4.90 Å². The lowest BCUT2D eigenvalue weighted by atomic mass is 10.2. The number of ether oxygens (including phenoxy) is 1. The van der Waals surface area contributed by atoms with Gasteiger partial charge < -0.3 is 20.1 Å². The van der Waals surface area contributed by atoms with Gasteiger partial charge in [-0.25, -0.2) is 4.79 Å². The van der Waals surface area contributed by atoms with Crippen LogP contribution in [0.5, 0.6) is 5.75 Å². The molecule has 1 atom stereocenters. The molecule has 21 heavy (non-hydrogen) atoms. The summed E-state index contributed by atoms with van der Waals surface area (Å²) in [7, 11) is 0. The van der Waals surface area contributed by atoms with E-state index in [0.29, 0.717) is 23.8 Å². The molecule has 0 unspecified atom stereocenters. The maximum absolute atomic E-state index is 12.0. The van der Waals surface area contributed by atoms with Crippen LogP contribution in [0.4, 0.5) is 10.5 Å². The van der Waals surface area contributed by atoms with Gasteiger partial charge in [0.1, 0.15) is 11.4 Å². The van der Waals surface area contributed by atoms with Crippen LogP contribution in [0.25, 0.3) is 0 Å².